The summed E-state index contributed by atoms with van der Waals surface area (Å²) >= 11 is 0. The van der Waals surface area contributed by atoms with Crippen LogP contribution in [0.2, 0.25) is 0 Å². The summed E-state index contributed by atoms with van der Waals surface area (Å²) < 4.78 is 10.1. The highest BCUT2D eigenvalue weighted by Crippen LogP contribution is 2.17. The Bertz CT molecular complexity index is 956. The average molecular weight is 441 g/mol. The minimum Gasteiger partial charge on any atom is -0.497 e. The molecule has 0 heterocycles. The number of amides is 4. The van der Waals surface area contributed by atoms with Crippen molar-refractivity contribution in [1.82, 2.24) is 10.6 Å². The van der Waals surface area contributed by atoms with Crippen LogP contribution in [0.1, 0.15) is 36.2 Å². The van der Waals surface area contributed by atoms with Gasteiger partial charge in [-0.3, -0.25) is 14.9 Å². The summed E-state index contributed by atoms with van der Waals surface area (Å²) in [4.78, 5) is 48.0. The molecule has 4 amide bonds. The Morgan fingerprint density at radius 1 is 0.938 bits per heavy atom. The highest BCUT2D eigenvalue weighted by Gasteiger charge is 2.17. The molecule has 170 valence electrons. The molecule has 0 bridgehead atoms. The number of methoxy groups -OCH3 is 1. The lowest BCUT2D eigenvalue weighted by molar-refractivity contribution is -0.123. The molecule has 3 N–H and O–H groups in total. The first-order valence-electron chi connectivity index (χ1n) is 10.1. The summed E-state index contributed by atoms with van der Waals surface area (Å²) in [5, 5.41) is 7.25. The van der Waals surface area contributed by atoms with Gasteiger partial charge in [0.25, 0.3) is 5.91 Å². The maximum Gasteiger partial charge on any atom is 0.340 e. The largest absolute Gasteiger partial charge is 0.497 e. The van der Waals surface area contributed by atoms with Gasteiger partial charge in [0.05, 0.1) is 18.4 Å². The molecule has 0 aliphatic rings. The molecule has 0 aromatic heterocycles. The van der Waals surface area contributed by atoms with E-state index >= 15 is 0 Å². The minimum atomic E-state index is -0.796. The lowest BCUT2D eigenvalue weighted by Gasteiger charge is -2.12. The Kier molecular flexibility index (Phi) is 9.22. The molecule has 32 heavy (non-hydrogen) atoms. The van der Waals surface area contributed by atoms with Crippen molar-refractivity contribution in [3.8, 4) is 5.75 Å². The Morgan fingerprint density at radius 2 is 1.62 bits per heavy atom. The number of imide groups is 1. The summed E-state index contributed by atoms with van der Waals surface area (Å²) in [6, 6.07) is 12.9. The molecular weight excluding hydrogens is 414 g/mol. The topological polar surface area (TPSA) is 123 Å². The van der Waals surface area contributed by atoms with Crippen molar-refractivity contribution in [3.63, 3.8) is 0 Å². The van der Waals surface area contributed by atoms with E-state index in [1.807, 2.05) is 24.3 Å². The zero-order valence-electron chi connectivity index (χ0n) is 18.3. The third-order valence-electron chi connectivity index (χ3n) is 4.23. The second-order valence-corrected chi connectivity index (χ2v) is 7.19. The summed E-state index contributed by atoms with van der Waals surface area (Å²) in [5.74, 6) is -1.10. The number of rotatable bonds is 9. The van der Waals surface area contributed by atoms with E-state index in [-0.39, 0.29) is 29.6 Å². The number of benzene rings is 2. The predicted molar refractivity (Wildman–Crippen MR) is 118 cm³/mol. The normalized spacial score (nSPS) is 10.2. The lowest BCUT2D eigenvalue weighted by Crippen LogP contribution is -2.44. The second-order valence-electron chi connectivity index (χ2n) is 7.19. The van der Waals surface area contributed by atoms with Crippen LogP contribution in [0.25, 0.3) is 0 Å². The number of ether oxygens (including phenoxy) is 2. The molecule has 2 aromatic rings. The van der Waals surface area contributed by atoms with Crippen LogP contribution < -0.4 is 20.7 Å². The van der Waals surface area contributed by atoms with Crippen molar-refractivity contribution in [3.05, 3.63) is 59.7 Å². The fraction of sp³-hybridized carbons (Fsp3) is 0.304. The van der Waals surface area contributed by atoms with Gasteiger partial charge in [-0.2, -0.15) is 0 Å². The first-order valence-corrected chi connectivity index (χ1v) is 10.1. The van der Waals surface area contributed by atoms with Gasteiger partial charge in [0.1, 0.15) is 5.75 Å². The van der Waals surface area contributed by atoms with E-state index in [1.165, 1.54) is 6.07 Å². The van der Waals surface area contributed by atoms with E-state index in [0.29, 0.717) is 6.42 Å². The van der Waals surface area contributed by atoms with Crippen molar-refractivity contribution in [2.24, 2.45) is 0 Å². The van der Waals surface area contributed by atoms with Gasteiger partial charge >= 0.3 is 12.0 Å². The SMILES string of the molecule is COc1ccc(CCC(=O)Nc2ccccc2C(=O)OCC(=O)NC(=O)NC(C)C)cc1. The summed E-state index contributed by atoms with van der Waals surface area (Å²) in [7, 11) is 1.58. The van der Waals surface area contributed by atoms with E-state index in [2.05, 4.69) is 16.0 Å². The molecule has 0 saturated carbocycles. The number of para-hydroxylation sites is 1. The van der Waals surface area contributed by atoms with E-state index in [1.54, 1.807) is 39.2 Å². The van der Waals surface area contributed by atoms with Crippen LogP contribution in [0.5, 0.6) is 5.75 Å². The van der Waals surface area contributed by atoms with Gasteiger partial charge in [-0.25, -0.2) is 9.59 Å². The first-order chi connectivity index (χ1) is 15.3. The standard InChI is InChI=1S/C23H27N3O6/c1-15(2)24-23(30)26-21(28)14-32-22(29)18-6-4-5-7-19(18)25-20(27)13-10-16-8-11-17(31-3)12-9-16/h4-9,11-12,15H,10,13-14H2,1-3H3,(H,25,27)(H2,24,26,28,30). The van der Waals surface area contributed by atoms with Crippen molar-refractivity contribution >= 4 is 29.5 Å². The number of nitrogens with one attached hydrogen (secondary N) is 3. The monoisotopic (exact) mass is 441 g/mol. The van der Waals surface area contributed by atoms with Gasteiger partial charge in [-0.05, 0) is 50.1 Å². The van der Waals surface area contributed by atoms with Gasteiger partial charge in [-0.1, -0.05) is 24.3 Å². The number of hydrogen-bond acceptors (Lipinski definition) is 6. The zero-order chi connectivity index (χ0) is 23.5. The fourth-order valence-corrected chi connectivity index (χ4v) is 2.70. The van der Waals surface area contributed by atoms with E-state index in [9.17, 15) is 19.2 Å². The molecule has 2 rings (SSSR count). The van der Waals surface area contributed by atoms with Gasteiger partial charge in [0.2, 0.25) is 5.91 Å². The molecule has 9 heteroatoms. The highest BCUT2D eigenvalue weighted by molar-refractivity contribution is 6.02. The summed E-state index contributed by atoms with van der Waals surface area (Å²) in [5.41, 5.74) is 1.35. The minimum absolute atomic E-state index is 0.102. The van der Waals surface area contributed by atoms with Gasteiger partial charge in [0, 0.05) is 12.5 Å². The molecule has 9 nitrogen and oxygen atoms in total. The van der Waals surface area contributed by atoms with Crippen molar-refractivity contribution in [1.29, 1.82) is 0 Å². The van der Waals surface area contributed by atoms with Gasteiger partial charge < -0.3 is 20.1 Å². The van der Waals surface area contributed by atoms with Crippen molar-refractivity contribution in [2.45, 2.75) is 32.7 Å². The lowest BCUT2D eigenvalue weighted by atomic mass is 10.1. The molecule has 2 aromatic carbocycles. The molecule has 0 radical (unpaired) electrons. The van der Waals surface area contributed by atoms with Crippen LogP contribution in [-0.4, -0.2) is 43.6 Å². The quantitative estimate of drug-likeness (QED) is 0.514. The van der Waals surface area contributed by atoms with Crippen molar-refractivity contribution in [2.75, 3.05) is 19.0 Å². The first kappa shape index (κ1) is 24.4. The zero-order valence-corrected chi connectivity index (χ0v) is 18.3. The Hall–Kier alpha value is -3.88. The van der Waals surface area contributed by atoms with Crippen molar-refractivity contribution < 1.29 is 28.7 Å². The molecule has 0 aliphatic heterocycles. The van der Waals surface area contributed by atoms with Crippen LogP contribution in [0.15, 0.2) is 48.5 Å². The average Bonchev–Trinajstić information content (AvgIpc) is 2.76. The van der Waals surface area contributed by atoms with E-state index in [0.717, 1.165) is 11.3 Å². The third-order valence-corrected chi connectivity index (χ3v) is 4.23. The molecule has 0 spiro atoms. The number of urea groups is 1. The number of aryl methyl sites for hydroxylation is 1. The van der Waals surface area contributed by atoms with Crippen LogP contribution in [0.3, 0.4) is 0 Å². The number of esters is 1. The second kappa shape index (κ2) is 12.1. The molecule has 0 aliphatic carbocycles. The molecule has 0 atom stereocenters. The fourth-order valence-electron chi connectivity index (χ4n) is 2.70. The number of carbonyl (C=O) groups is 4. The van der Waals surface area contributed by atoms with E-state index < -0.39 is 24.5 Å². The van der Waals surface area contributed by atoms with Gasteiger partial charge in [-0.15, -0.1) is 0 Å². The molecule has 0 fully saturated rings. The Morgan fingerprint density at radius 3 is 2.28 bits per heavy atom. The summed E-state index contributed by atoms with van der Waals surface area (Å²) in [6.07, 6.45) is 0.726. The van der Waals surface area contributed by atoms with E-state index in [4.69, 9.17) is 9.47 Å². The summed E-state index contributed by atoms with van der Waals surface area (Å²) in [6.45, 7) is 2.85. The smallest absolute Gasteiger partial charge is 0.340 e. The van der Waals surface area contributed by atoms with Crippen LogP contribution in [-0.2, 0) is 20.7 Å². The number of anilines is 1. The third kappa shape index (κ3) is 8.10. The van der Waals surface area contributed by atoms with Crippen LogP contribution >= 0.6 is 0 Å². The molecule has 0 unspecified atom stereocenters. The Labute approximate surface area is 186 Å². The predicted octanol–water partition coefficient (Wildman–Crippen LogP) is 2.66. The molecular formula is C23H27N3O6. The number of hydrogen-bond donors (Lipinski definition) is 3. The number of carbonyl (C=O) groups excluding carboxylic acids is 4. The maximum atomic E-state index is 12.4. The molecule has 0 saturated heterocycles. The maximum absolute atomic E-state index is 12.4. The van der Waals surface area contributed by atoms with Gasteiger partial charge in [0.15, 0.2) is 6.61 Å². The Balaban J connectivity index is 1.88. The van der Waals surface area contributed by atoms with Crippen LogP contribution in [0, 0.1) is 0 Å². The highest BCUT2D eigenvalue weighted by atomic mass is 16.5. The van der Waals surface area contributed by atoms with Crippen LogP contribution in [0.4, 0.5) is 10.5 Å².